The number of carbonyl (C=O) groups is 2. The number of thiocarbonyl (C=S) groups is 1. The molecular formula is C31H31N5O3S. The molecule has 1 aliphatic rings. The first-order valence-electron chi connectivity index (χ1n) is 13.1. The fourth-order valence-corrected chi connectivity index (χ4v) is 5.73. The Balaban J connectivity index is 1.49. The Kier molecular flexibility index (Phi) is 7.66. The Hall–Kier alpha value is -4.50. The summed E-state index contributed by atoms with van der Waals surface area (Å²) in [6, 6.07) is 22.1. The number of aromatic carboxylic acids is 1. The van der Waals surface area contributed by atoms with Crippen LogP contribution in [0.5, 0.6) is 0 Å². The second-order valence-corrected chi connectivity index (χ2v) is 10.3. The maximum atomic E-state index is 13.0. The molecule has 40 heavy (non-hydrogen) atoms. The van der Waals surface area contributed by atoms with Gasteiger partial charge in [-0.15, -0.1) is 0 Å². The summed E-state index contributed by atoms with van der Waals surface area (Å²) in [5.74, 6) is -1.06. The van der Waals surface area contributed by atoms with Crippen molar-refractivity contribution in [1.29, 1.82) is 0 Å². The zero-order valence-electron chi connectivity index (χ0n) is 22.6. The number of aryl methyl sites for hydroxylation is 2. The van der Waals surface area contributed by atoms with Crippen LogP contribution in [0.4, 0.5) is 5.69 Å². The van der Waals surface area contributed by atoms with Gasteiger partial charge in [0.1, 0.15) is 0 Å². The van der Waals surface area contributed by atoms with E-state index in [9.17, 15) is 14.7 Å². The number of hydrogen-bond donors (Lipinski definition) is 3. The fraction of sp³-hybridized carbons (Fsp3) is 0.226. The molecule has 0 aliphatic carbocycles. The van der Waals surface area contributed by atoms with Crippen molar-refractivity contribution in [1.82, 2.24) is 19.8 Å². The highest BCUT2D eigenvalue weighted by Gasteiger charge is 2.41. The highest BCUT2D eigenvalue weighted by Crippen LogP contribution is 2.41. The highest BCUT2D eigenvalue weighted by atomic mass is 32.1. The molecule has 9 heteroatoms. The molecule has 1 fully saturated rings. The first kappa shape index (κ1) is 27.1. The molecule has 0 radical (unpaired) electrons. The SMILES string of the molecule is Cc1ccccc1NC(=O)CCN1C(=S)NC(c2ccccn2)C1c1cc(C)n(-c2cccc(C(=O)O)c2)c1C. The van der Waals surface area contributed by atoms with Crippen LogP contribution < -0.4 is 10.6 Å². The van der Waals surface area contributed by atoms with Gasteiger partial charge in [0.05, 0.1) is 23.3 Å². The van der Waals surface area contributed by atoms with Crippen LogP contribution >= 0.6 is 12.2 Å². The molecule has 204 valence electrons. The minimum Gasteiger partial charge on any atom is -0.478 e. The predicted octanol–water partition coefficient (Wildman–Crippen LogP) is 5.50. The summed E-state index contributed by atoms with van der Waals surface area (Å²) < 4.78 is 2.06. The van der Waals surface area contributed by atoms with E-state index < -0.39 is 5.97 Å². The number of carbonyl (C=O) groups excluding carboxylic acids is 1. The molecule has 3 N–H and O–H groups in total. The molecule has 1 saturated heterocycles. The Labute approximate surface area is 238 Å². The molecule has 2 atom stereocenters. The summed E-state index contributed by atoms with van der Waals surface area (Å²) in [6.07, 6.45) is 2.01. The van der Waals surface area contributed by atoms with E-state index in [-0.39, 0.29) is 30.0 Å². The smallest absolute Gasteiger partial charge is 0.335 e. The number of rotatable bonds is 8. The number of carboxylic acid groups (broad SMARTS) is 1. The van der Waals surface area contributed by atoms with Crippen LogP contribution in [0.2, 0.25) is 0 Å². The van der Waals surface area contributed by atoms with E-state index in [0.29, 0.717) is 11.7 Å². The topological polar surface area (TPSA) is 99.5 Å². The summed E-state index contributed by atoms with van der Waals surface area (Å²) in [6.45, 7) is 6.40. The lowest BCUT2D eigenvalue weighted by molar-refractivity contribution is -0.116. The van der Waals surface area contributed by atoms with Crippen LogP contribution in [0.3, 0.4) is 0 Å². The molecule has 2 aromatic carbocycles. The molecule has 2 aromatic heterocycles. The highest BCUT2D eigenvalue weighted by molar-refractivity contribution is 7.80. The molecule has 1 amide bonds. The minimum absolute atomic E-state index is 0.0897. The second kappa shape index (κ2) is 11.3. The average molecular weight is 554 g/mol. The first-order valence-corrected chi connectivity index (χ1v) is 13.5. The summed E-state index contributed by atoms with van der Waals surface area (Å²) in [5.41, 5.74) is 6.60. The van der Waals surface area contributed by atoms with Crippen molar-refractivity contribution in [2.24, 2.45) is 0 Å². The fourth-order valence-electron chi connectivity index (χ4n) is 5.40. The standard InChI is InChI=1S/C31H31N5O3S/c1-19-9-4-5-12-25(19)33-27(37)14-16-35-29(28(34-31(35)40)26-13-6-7-15-32-26)24-17-20(2)36(21(24)3)23-11-8-10-22(18-23)30(38)39/h4-13,15,17-18,28-29H,14,16H2,1-3H3,(H,33,37)(H,34,40)(H,38,39). The van der Waals surface area contributed by atoms with Crippen molar-refractivity contribution in [3.05, 3.63) is 113 Å². The number of hydrogen-bond acceptors (Lipinski definition) is 4. The van der Waals surface area contributed by atoms with Crippen molar-refractivity contribution in [2.45, 2.75) is 39.3 Å². The van der Waals surface area contributed by atoms with Gasteiger partial charge in [0.15, 0.2) is 5.11 Å². The molecule has 5 rings (SSSR count). The van der Waals surface area contributed by atoms with Crippen LogP contribution in [0.25, 0.3) is 5.69 Å². The van der Waals surface area contributed by atoms with Crippen molar-refractivity contribution < 1.29 is 14.7 Å². The maximum absolute atomic E-state index is 13.0. The Morgan fingerprint density at radius 2 is 1.80 bits per heavy atom. The van der Waals surface area contributed by atoms with E-state index >= 15 is 0 Å². The normalized spacial score (nSPS) is 16.6. The molecule has 4 aromatic rings. The van der Waals surface area contributed by atoms with Gasteiger partial charge in [-0.2, -0.15) is 0 Å². The van der Waals surface area contributed by atoms with Gasteiger partial charge in [0.25, 0.3) is 0 Å². The maximum Gasteiger partial charge on any atom is 0.335 e. The Morgan fingerprint density at radius 1 is 1.02 bits per heavy atom. The largest absolute Gasteiger partial charge is 0.478 e. The zero-order chi connectivity index (χ0) is 28.4. The monoisotopic (exact) mass is 553 g/mol. The third-order valence-electron chi connectivity index (χ3n) is 7.34. The van der Waals surface area contributed by atoms with Crippen molar-refractivity contribution in [3.8, 4) is 5.69 Å². The molecular weight excluding hydrogens is 522 g/mol. The van der Waals surface area contributed by atoms with Crippen LogP contribution in [0, 0.1) is 20.8 Å². The Bertz CT molecular complexity index is 1580. The van der Waals surface area contributed by atoms with Gasteiger partial charge in [-0.3, -0.25) is 9.78 Å². The molecule has 0 saturated carbocycles. The number of aromatic nitrogens is 2. The number of anilines is 1. The average Bonchev–Trinajstić information content (AvgIpc) is 3.43. The zero-order valence-corrected chi connectivity index (χ0v) is 23.4. The van der Waals surface area contributed by atoms with E-state index in [4.69, 9.17) is 12.2 Å². The number of benzene rings is 2. The first-order chi connectivity index (χ1) is 19.2. The Morgan fingerprint density at radius 3 is 2.52 bits per heavy atom. The van der Waals surface area contributed by atoms with Crippen LogP contribution in [0.1, 0.15) is 57.1 Å². The van der Waals surface area contributed by atoms with Gasteiger partial charge in [0, 0.05) is 41.9 Å². The van der Waals surface area contributed by atoms with Crippen LogP contribution in [0.15, 0.2) is 79.0 Å². The number of carboxylic acids is 1. The van der Waals surface area contributed by atoms with Crippen molar-refractivity contribution in [3.63, 3.8) is 0 Å². The van der Waals surface area contributed by atoms with Gasteiger partial charge in [-0.05, 0) is 86.6 Å². The molecule has 0 spiro atoms. The van der Waals surface area contributed by atoms with E-state index in [1.807, 2.05) is 69.3 Å². The number of para-hydroxylation sites is 1. The quantitative estimate of drug-likeness (QED) is 0.248. The summed E-state index contributed by atoms with van der Waals surface area (Å²) in [5, 5.41) is 16.5. The lowest BCUT2D eigenvalue weighted by atomic mass is 9.96. The molecule has 1 aliphatic heterocycles. The molecule has 8 nitrogen and oxygen atoms in total. The van der Waals surface area contributed by atoms with E-state index in [1.165, 1.54) is 0 Å². The number of amides is 1. The van der Waals surface area contributed by atoms with Crippen LogP contribution in [-0.4, -0.2) is 43.1 Å². The molecule has 3 heterocycles. The third kappa shape index (κ3) is 5.33. The van der Waals surface area contributed by atoms with Gasteiger partial charge in [-0.1, -0.05) is 30.3 Å². The van der Waals surface area contributed by atoms with Crippen molar-refractivity contribution >= 4 is 34.9 Å². The number of nitrogens with zero attached hydrogens (tertiary/aromatic N) is 3. The molecule has 2 unspecified atom stereocenters. The third-order valence-corrected chi connectivity index (χ3v) is 7.69. The van der Waals surface area contributed by atoms with E-state index in [1.54, 1.807) is 24.4 Å². The van der Waals surface area contributed by atoms with E-state index in [2.05, 4.69) is 31.2 Å². The second-order valence-electron chi connectivity index (χ2n) is 9.95. The predicted molar refractivity (Wildman–Crippen MR) is 159 cm³/mol. The lowest BCUT2D eigenvalue weighted by Gasteiger charge is -2.28. The van der Waals surface area contributed by atoms with Crippen LogP contribution in [-0.2, 0) is 4.79 Å². The molecule has 0 bridgehead atoms. The number of nitrogens with one attached hydrogen (secondary N) is 2. The summed E-state index contributed by atoms with van der Waals surface area (Å²) in [4.78, 5) is 31.3. The summed E-state index contributed by atoms with van der Waals surface area (Å²) >= 11 is 5.80. The van der Waals surface area contributed by atoms with Gasteiger partial charge in [-0.25, -0.2) is 4.79 Å². The minimum atomic E-state index is -0.972. The van der Waals surface area contributed by atoms with Gasteiger partial charge in [0.2, 0.25) is 5.91 Å². The van der Waals surface area contributed by atoms with Gasteiger partial charge < -0.3 is 25.2 Å². The summed E-state index contributed by atoms with van der Waals surface area (Å²) in [7, 11) is 0. The van der Waals surface area contributed by atoms with Gasteiger partial charge >= 0.3 is 5.97 Å². The number of pyridine rings is 1. The van der Waals surface area contributed by atoms with Crippen molar-refractivity contribution in [2.75, 3.05) is 11.9 Å². The van der Waals surface area contributed by atoms with E-state index in [0.717, 1.165) is 39.6 Å². The lowest BCUT2D eigenvalue weighted by Crippen LogP contribution is -2.33.